The SMILES string of the molecule is O=C(CNC1CCCCC1)N/N=C\c1ccc(OCc2ccccc2)cc1. The molecule has 2 aromatic carbocycles. The van der Waals surface area contributed by atoms with Gasteiger partial charge in [0.15, 0.2) is 0 Å². The van der Waals surface area contributed by atoms with Crippen LogP contribution < -0.4 is 15.5 Å². The number of hydrogen-bond donors (Lipinski definition) is 2. The van der Waals surface area contributed by atoms with Crippen molar-refractivity contribution in [1.82, 2.24) is 10.7 Å². The van der Waals surface area contributed by atoms with Gasteiger partial charge in [0.05, 0.1) is 12.8 Å². The van der Waals surface area contributed by atoms with E-state index < -0.39 is 0 Å². The molecule has 1 fully saturated rings. The molecule has 0 bridgehead atoms. The Kier molecular flexibility index (Phi) is 7.42. The summed E-state index contributed by atoms with van der Waals surface area (Å²) in [7, 11) is 0. The first-order valence-corrected chi connectivity index (χ1v) is 9.62. The van der Waals surface area contributed by atoms with Crippen molar-refractivity contribution in [1.29, 1.82) is 0 Å². The van der Waals surface area contributed by atoms with Crippen molar-refractivity contribution < 1.29 is 9.53 Å². The topological polar surface area (TPSA) is 62.7 Å². The predicted octanol–water partition coefficient (Wildman–Crippen LogP) is 3.64. The standard InChI is InChI=1S/C22H27N3O2/c26-22(16-23-20-9-5-2-6-10-20)25-24-15-18-11-13-21(14-12-18)27-17-19-7-3-1-4-8-19/h1,3-4,7-8,11-15,20,23H,2,5-6,9-10,16-17H2,(H,25,26)/b24-15-. The summed E-state index contributed by atoms with van der Waals surface area (Å²) < 4.78 is 5.76. The van der Waals surface area contributed by atoms with Gasteiger partial charge >= 0.3 is 0 Å². The Morgan fingerprint density at radius 1 is 1.04 bits per heavy atom. The molecule has 0 aromatic heterocycles. The third-order valence-electron chi connectivity index (χ3n) is 4.69. The average molecular weight is 365 g/mol. The highest BCUT2D eigenvalue weighted by Crippen LogP contribution is 2.17. The maximum atomic E-state index is 11.8. The highest BCUT2D eigenvalue weighted by atomic mass is 16.5. The molecule has 5 heteroatoms. The molecule has 0 saturated heterocycles. The van der Waals surface area contributed by atoms with Crippen LogP contribution in [0.5, 0.6) is 5.75 Å². The van der Waals surface area contributed by atoms with Crippen molar-refractivity contribution in [3.8, 4) is 5.75 Å². The number of nitrogens with one attached hydrogen (secondary N) is 2. The van der Waals surface area contributed by atoms with Crippen LogP contribution in [0.25, 0.3) is 0 Å². The monoisotopic (exact) mass is 365 g/mol. The molecule has 0 radical (unpaired) electrons. The minimum Gasteiger partial charge on any atom is -0.489 e. The molecular formula is C22H27N3O2. The summed E-state index contributed by atoms with van der Waals surface area (Å²) in [5, 5.41) is 7.33. The molecule has 0 heterocycles. The minimum atomic E-state index is -0.111. The van der Waals surface area contributed by atoms with Gasteiger partial charge in [-0.15, -0.1) is 0 Å². The lowest BCUT2D eigenvalue weighted by Gasteiger charge is -2.22. The van der Waals surface area contributed by atoms with Crippen molar-refractivity contribution in [2.24, 2.45) is 5.10 Å². The van der Waals surface area contributed by atoms with E-state index in [2.05, 4.69) is 15.8 Å². The van der Waals surface area contributed by atoms with Gasteiger partial charge in [0.1, 0.15) is 12.4 Å². The van der Waals surface area contributed by atoms with Gasteiger partial charge < -0.3 is 10.1 Å². The van der Waals surface area contributed by atoms with E-state index in [4.69, 9.17) is 4.74 Å². The number of ether oxygens (including phenoxy) is 1. The van der Waals surface area contributed by atoms with Crippen LogP contribution in [-0.4, -0.2) is 24.7 Å². The van der Waals surface area contributed by atoms with E-state index in [9.17, 15) is 4.79 Å². The molecule has 1 aliphatic rings. The van der Waals surface area contributed by atoms with Crippen LogP contribution in [0, 0.1) is 0 Å². The maximum Gasteiger partial charge on any atom is 0.254 e. The zero-order valence-electron chi connectivity index (χ0n) is 15.6. The largest absolute Gasteiger partial charge is 0.489 e. The van der Waals surface area contributed by atoms with Crippen LogP contribution in [0.15, 0.2) is 59.7 Å². The molecule has 2 N–H and O–H groups in total. The summed E-state index contributed by atoms with van der Waals surface area (Å²) in [6, 6.07) is 18.1. The van der Waals surface area contributed by atoms with Crippen molar-refractivity contribution >= 4 is 12.1 Å². The number of hydrogen-bond acceptors (Lipinski definition) is 4. The number of benzene rings is 2. The second-order valence-corrected chi connectivity index (χ2v) is 6.85. The molecule has 1 saturated carbocycles. The fraction of sp³-hybridized carbons (Fsp3) is 0.364. The van der Waals surface area contributed by atoms with Crippen LogP contribution >= 0.6 is 0 Å². The van der Waals surface area contributed by atoms with Gasteiger partial charge in [-0.25, -0.2) is 5.43 Å². The van der Waals surface area contributed by atoms with Gasteiger partial charge in [0, 0.05) is 6.04 Å². The second-order valence-electron chi connectivity index (χ2n) is 6.85. The maximum absolute atomic E-state index is 11.8. The van der Waals surface area contributed by atoms with Gasteiger partial charge in [-0.3, -0.25) is 4.79 Å². The Labute approximate surface area is 160 Å². The van der Waals surface area contributed by atoms with Gasteiger partial charge in [0.2, 0.25) is 0 Å². The quantitative estimate of drug-likeness (QED) is 0.555. The summed E-state index contributed by atoms with van der Waals surface area (Å²) >= 11 is 0. The molecule has 2 aromatic rings. The van der Waals surface area contributed by atoms with Crippen LogP contribution in [-0.2, 0) is 11.4 Å². The van der Waals surface area contributed by atoms with E-state index in [-0.39, 0.29) is 5.91 Å². The van der Waals surface area contributed by atoms with Crippen LogP contribution in [0.4, 0.5) is 0 Å². The van der Waals surface area contributed by atoms with Crippen LogP contribution in [0.2, 0.25) is 0 Å². The molecule has 0 aliphatic heterocycles. The molecule has 1 amide bonds. The third kappa shape index (κ3) is 6.87. The van der Waals surface area contributed by atoms with E-state index in [1.807, 2.05) is 54.6 Å². The molecule has 27 heavy (non-hydrogen) atoms. The zero-order chi connectivity index (χ0) is 18.7. The Morgan fingerprint density at radius 2 is 1.78 bits per heavy atom. The average Bonchev–Trinajstić information content (AvgIpc) is 2.73. The summed E-state index contributed by atoms with van der Waals surface area (Å²) in [6.45, 7) is 0.854. The number of nitrogens with zero attached hydrogens (tertiary/aromatic N) is 1. The van der Waals surface area contributed by atoms with Crippen LogP contribution in [0.3, 0.4) is 0 Å². The second kappa shape index (κ2) is 10.5. The number of carbonyl (C=O) groups excluding carboxylic acids is 1. The summed E-state index contributed by atoms with van der Waals surface area (Å²) in [5.41, 5.74) is 4.61. The first-order valence-electron chi connectivity index (χ1n) is 9.62. The normalized spacial score (nSPS) is 15.0. The molecule has 5 nitrogen and oxygen atoms in total. The lowest BCUT2D eigenvalue weighted by molar-refractivity contribution is -0.120. The number of hydrazone groups is 1. The van der Waals surface area contributed by atoms with Crippen LogP contribution in [0.1, 0.15) is 43.2 Å². The van der Waals surface area contributed by atoms with Gasteiger partial charge in [0.25, 0.3) is 5.91 Å². The van der Waals surface area contributed by atoms with Crippen molar-refractivity contribution in [3.63, 3.8) is 0 Å². The molecule has 0 unspecified atom stereocenters. The Bertz CT molecular complexity index is 723. The van der Waals surface area contributed by atoms with Gasteiger partial charge in [-0.2, -0.15) is 5.10 Å². The third-order valence-corrected chi connectivity index (χ3v) is 4.69. The molecule has 0 atom stereocenters. The van der Waals surface area contributed by atoms with Gasteiger partial charge in [-0.1, -0.05) is 49.6 Å². The summed E-state index contributed by atoms with van der Waals surface area (Å²) in [5.74, 6) is 0.691. The molecule has 3 rings (SSSR count). The summed E-state index contributed by atoms with van der Waals surface area (Å²) in [6.07, 6.45) is 7.78. The number of carbonyl (C=O) groups is 1. The zero-order valence-corrected chi connectivity index (χ0v) is 15.6. The van der Waals surface area contributed by atoms with Crippen molar-refractivity contribution in [2.45, 2.75) is 44.8 Å². The summed E-state index contributed by atoms with van der Waals surface area (Å²) in [4.78, 5) is 11.8. The van der Waals surface area contributed by atoms with E-state index in [1.54, 1.807) is 6.21 Å². The lowest BCUT2D eigenvalue weighted by Crippen LogP contribution is -2.38. The first-order chi connectivity index (χ1) is 13.3. The smallest absolute Gasteiger partial charge is 0.254 e. The van der Waals surface area contributed by atoms with E-state index in [0.29, 0.717) is 19.2 Å². The first kappa shape index (κ1) is 19.1. The molecule has 0 spiro atoms. The minimum absolute atomic E-state index is 0.111. The lowest BCUT2D eigenvalue weighted by atomic mass is 9.95. The predicted molar refractivity (Wildman–Crippen MR) is 108 cm³/mol. The van der Waals surface area contributed by atoms with E-state index in [1.165, 1.54) is 19.3 Å². The number of rotatable bonds is 8. The Hall–Kier alpha value is -2.66. The highest BCUT2D eigenvalue weighted by Gasteiger charge is 2.13. The van der Waals surface area contributed by atoms with Crippen molar-refractivity contribution in [2.75, 3.05) is 6.54 Å². The number of amides is 1. The molecule has 1 aliphatic carbocycles. The fourth-order valence-corrected chi connectivity index (χ4v) is 3.15. The fourth-order valence-electron chi connectivity index (χ4n) is 3.15. The Balaban J connectivity index is 1.37. The van der Waals surface area contributed by atoms with Crippen molar-refractivity contribution in [3.05, 3.63) is 65.7 Å². The van der Waals surface area contributed by atoms with Gasteiger partial charge in [-0.05, 0) is 48.2 Å². The Morgan fingerprint density at radius 3 is 2.52 bits per heavy atom. The molecule has 142 valence electrons. The van der Waals surface area contributed by atoms with E-state index in [0.717, 1.165) is 29.7 Å². The molecular weight excluding hydrogens is 338 g/mol. The highest BCUT2D eigenvalue weighted by molar-refractivity contribution is 5.83. The van der Waals surface area contributed by atoms with E-state index >= 15 is 0 Å².